The average molecular weight is 167 g/mol. The van der Waals surface area contributed by atoms with E-state index in [1.54, 1.807) is 6.07 Å². The Morgan fingerprint density at radius 3 is 2.83 bits per heavy atom. The van der Waals surface area contributed by atoms with Crippen molar-refractivity contribution < 1.29 is 9.53 Å². The molecule has 0 aromatic carbocycles. The number of carbonyl (C=O) groups excluding carboxylic acids is 1. The van der Waals surface area contributed by atoms with E-state index in [1.807, 2.05) is 0 Å². The maximum Gasteiger partial charge on any atom is 0.369 e. The van der Waals surface area contributed by atoms with Gasteiger partial charge in [0.05, 0.1) is 7.11 Å². The molecule has 0 aliphatic heterocycles. The van der Waals surface area contributed by atoms with Crippen LogP contribution in [0, 0.1) is 11.3 Å². The van der Waals surface area contributed by atoms with Gasteiger partial charge in [-0.3, -0.25) is 0 Å². The van der Waals surface area contributed by atoms with Crippen molar-refractivity contribution in [1.82, 2.24) is 5.43 Å². The number of methoxy groups -OCH3 is 1. The monoisotopic (exact) mass is 167 g/mol. The van der Waals surface area contributed by atoms with Crippen molar-refractivity contribution in [2.24, 2.45) is 5.10 Å². The van der Waals surface area contributed by atoms with E-state index in [0.29, 0.717) is 6.04 Å². The summed E-state index contributed by atoms with van der Waals surface area (Å²) >= 11 is 0. The summed E-state index contributed by atoms with van der Waals surface area (Å²) in [5.74, 6) is -0.703. The minimum atomic E-state index is -0.703. The largest absolute Gasteiger partial charge is 0.464 e. The topological polar surface area (TPSA) is 74.5 Å². The van der Waals surface area contributed by atoms with Crippen molar-refractivity contribution in [2.45, 2.75) is 18.9 Å². The zero-order chi connectivity index (χ0) is 8.97. The predicted octanol–water partition coefficient (Wildman–Crippen LogP) is -0.209. The number of hydrogen-bond acceptors (Lipinski definition) is 5. The van der Waals surface area contributed by atoms with Gasteiger partial charge < -0.3 is 10.2 Å². The molecule has 0 saturated heterocycles. The smallest absolute Gasteiger partial charge is 0.369 e. The van der Waals surface area contributed by atoms with E-state index in [-0.39, 0.29) is 5.71 Å². The van der Waals surface area contributed by atoms with Gasteiger partial charge in [0.25, 0.3) is 0 Å². The van der Waals surface area contributed by atoms with E-state index in [1.165, 1.54) is 7.11 Å². The fraction of sp³-hybridized carbons (Fsp3) is 0.571. The Morgan fingerprint density at radius 1 is 1.75 bits per heavy atom. The molecule has 0 unspecified atom stereocenters. The Kier molecular flexibility index (Phi) is 2.64. The second-order valence-corrected chi connectivity index (χ2v) is 2.47. The Bertz CT molecular complexity index is 250. The molecule has 5 heteroatoms. The average Bonchev–Trinajstić information content (AvgIpc) is 2.88. The zero-order valence-corrected chi connectivity index (χ0v) is 6.70. The van der Waals surface area contributed by atoms with E-state index in [9.17, 15) is 4.79 Å². The molecule has 0 radical (unpaired) electrons. The lowest BCUT2D eigenvalue weighted by molar-refractivity contribution is -0.132. The summed E-state index contributed by atoms with van der Waals surface area (Å²) in [6.45, 7) is 0. The highest BCUT2D eigenvalue weighted by molar-refractivity contribution is 6.42. The van der Waals surface area contributed by atoms with Gasteiger partial charge in [-0.15, -0.1) is 0 Å². The summed E-state index contributed by atoms with van der Waals surface area (Å²) in [5, 5.41) is 12.0. The molecule has 1 saturated carbocycles. The first-order valence-corrected chi connectivity index (χ1v) is 3.59. The van der Waals surface area contributed by atoms with Crippen LogP contribution in [0.25, 0.3) is 0 Å². The standard InChI is InChI=1S/C7H9N3O2/c1-12-7(11)6(4-8)10-9-5-2-3-5/h5,9H,2-3H2,1H3/b10-6+. The van der Waals surface area contributed by atoms with Crippen LogP contribution >= 0.6 is 0 Å². The molecule has 0 bridgehead atoms. The molecule has 1 aliphatic rings. The van der Waals surface area contributed by atoms with E-state index < -0.39 is 5.97 Å². The molecule has 0 aromatic rings. The molecule has 0 heterocycles. The molecular weight excluding hydrogens is 158 g/mol. The van der Waals surface area contributed by atoms with Crippen molar-refractivity contribution in [2.75, 3.05) is 7.11 Å². The maximum atomic E-state index is 10.8. The fourth-order valence-corrected chi connectivity index (χ4v) is 0.581. The number of nitrogens with zero attached hydrogens (tertiary/aromatic N) is 2. The molecule has 0 atom stereocenters. The van der Waals surface area contributed by atoms with Gasteiger partial charge in [0, 0.05) is 6.04 Å². The number of esters is 1. The normalized spacial score (nSPS) is 16.5. The molecule has 1 rings (SSSR count). The first-order chi connectivity index (χ1) is 5.77. The summed E-state index contributed by atoms with van der Waals surface area (Å²) in [7, 11) is 1.21. The molecule has 1 fully saturated rings. The van der Waals surface area contributed by atoms with Crippen LogP contribution < -0.4 is 5.43 Å². The predicted molar refractivity (Wildman–Crippen MR) is 41.2 cm³/mol. The van der Waals surface area contributed by atoms with Crippen molar-refractivity contribution in [3.63, 3.8) is 0 Å². The fourth-order valence-electron chi connectivity index (χ4n) is 0.581. The Labute approximate surface area is 70.0 Å². The molecule has 5 nitrogen and oxygen atoms in total. The first-order valence-electron chi connectivity index (χ1n) is 3.59. The number of hydrazone groups is 1. The summed E-state index contributed by atoms with van der Waals surface area (Å²) in [4.78, 5) is 10.8. The highest BCUT2D eigenvalue weighted by atomic mass is 16.5. The van der Waals surface area contributed by atoms with Crippen LogP contribution in [0.15, 0.2) is 5.10 Å². The Balaban J connectivity index is 2.47. The highest BCUT2D eigenvalue weighted by Crippen LogP contribution is 2.18. The van der Waals surface area contributed by atoms with Gasteiger partial charge in [-0.25, -0.2) is 4.79 Å². The Morgan fingerprint density at radius 2 is 2.42 bits per heavy atom. The molecule has 0 amide bonds. The molecule has 64 valence electrons. The summed E-state index contributed by atoms with van der Waals surface area (Å²) in [6.07, 6.45) is 2.09. The van der Waals surface area contributed by atoms with Crippen LogP contribution in [0.4, 0.5) is 0 Å². The van der Waals surface area contributed by atoms with E-state index in [2.05, 4.69) is 15.3 Å². The van der Waals surface area contributed by atoms with Crippen LogP contribution in [0.5, 0.6) is 0 Å². The lowest BCUT2D eigenvalue weighted by Crippen LogP contribution is -2.19. The molecule has 0 aromatic heterocycles. The van der Waals surface area contributed by atoms with Gasteiger partial charge in [-0.2, -0.15) is 10.4 Å². The maximum absolute atomic E-state index is 10.8. The quantitative estimate of drug-likeness (QED) is 0.358. The summed E-state index contributed by atoms with van der Waals surface area (Å²) in [6, 6.07) is 1.98. The number of rotatable bonds is 3. The minimum absolute atomic E-state index is 0.232. The van der Waals surface area contributed by atoms with E-state index >= 15 is 0 Å². The second kappa shape index (κ2) is 3.72. The first kappa shape index (κ1) is 8.53. The third kappa shape index (κ3) is 2.23. The third-order valence-corrected chi connectivity index (χ3v) is 1.42. The van der Waals surface area contributed by atoms with E-state index in [4.69, 9.17) is 5.26 Å². The van der Waals surface area contributed by atoms with Gasteiger partial charge in [0.1, 0.15) is 6.07 Å². The van der Waals surface area contributed by atoms with Crippen molar-refractivity contribution in [3.8, 4) is 6.07 Å². The second-order valence-electron chi connectivity index (χ2n) is 2.47. The third-order valence-electron chi connectivity index (χ3n) is 1.42. The van der Waals surface area contributed by atoms with Gasteiger partial charge in [0.15, 0.2) is 0 Å². The SMILES string of the molecule is COC(=O)/C(C#N)=N/NC1CC1. The molecular formula is C7H9N3O2. The number of nitrogens with one attached hydrogen (secondary N) is 1. The number of nitriles is 1. The number of hydrogen-bond donors (Lipinski definition) is 1. The molecule has 0 spiro atoms. The summed E-state index contributed by atoms with van der Waals surface area (Å²) < 4.78 is 4.32. The lowest BCUT2D eigenvalue weighted by atomic mass is 10.4. The van der Waals surface area contributed by atoms with Crippen LogP contribution in [-0.4, -0.2) is 24.8 Å². The lowest BCUT2D eigenvalue weighted by Gasteiger charge is -1.96. The van der Waals surface area contributed by atoms with Crippen LogP contribution in [0.3, 0.4) is 0 Å². The molecule has 12 heavy (non-hydrogen) atoms. The highest BCUT2D eigenvalue weighted by Gasteiger charge is 2.21. The number of carbonyl (C=O) groups is 1. The zero-order valence-electron chi connectivity index (χ0n) is 6.70. The van der Waals surface area contributed by atoms with Crippen LogP contribution in [0.1, 0.15) is 12.8 Å². The van der Waals surface area contributed by atoms with Crippen molar-refractivity contribution >= 4 is 11.7 Å². The van der Waals surface area contributed by atoms with Crippen LogP contribution in [-0.2, 0) is 9.53 Å². The number of ether oxygens (including phenoxy) is 1. The van der Waals surface area contributed by atoms with Crippen LogP contribution in [0.2, 0.25) is 0 Å². The molecule has 1 aliphatic carbocycles. The van der Waals surface area contributed by atoms with Gasteiger partial charge in [-0.1, -0.05) is 0 Å². The minimum Gasteiger partial charge on any atom is -0.464 e. The van der Waals surface area contributed by atoms with E-state index in [0.717, 1.165) is 12.8 Å². The van der Waals surface area contributed by atoms with Crippen molar-refractivity contribution in [3.05, 3.63) is 0 Å². The summed E-state index contributed by atoms with van der Waals surface area (Å²) in [5.41, 5.74) is 2.46. The van der Waals surface area contributed by atoms with Gasteiger partial charge in [-0.05, 0) is 12.8 Å². The Hall–Kier alpha value is -1.57. The van der Waals surface area contributed by atoms with Crippen molar-refractivity contribution in [1.29, 1.82) is 5.26 Å². The van der Waals surface area contributed by atoms with Gasteiger partial charge in [0.2, 0.25) is 5.71 Å². The van der Waals surface area contributed by atoms with Gasteiger partial charge >= 0.3 is 5.97 Å². The molecule has 1 N–H and O–H groups in total.